The van der Waals surface area contributed by atoms with Gasteiger partial charge in [0, 0.05) is 21.9 Å². The maximum Gasteiger partial charge on any atom is 0.328 e. The molecule has 0 saturated carbocycles. The first-order chi connectivity index (χ1) is 10.0. The van der Waals surface area contributed by atoms with Crippen LogP contribution in [0.5, 0.6) is 0 Å². The molecule has 0 aliphatic carbocycles. The highest BCUT2D eigenvalue weighted by Gasteiger charge is 2.06. The summed E-state index contributed by atoms with van der Waals surface area (Å²) < 4.78 is 0. The van der Waals surface area contributed by atoms with Gasteiger partial charge in [-0.15, -0.1) is 11.3 Å². The molecule has 0 bridgehead atoms. The van der Waals surface area contributed by atoms with Crippen molar-refractivity contribution in [2.75, 3.05) is 0 Å². The molecule has 2 aromatic rings. The van der Waals surface area contributed by atoms with Crippen LogP contribution in [0.1, 0.15) is 20.2 Å². The lowest BCUT2D eigenvalue weighted by Gasteiger charge is -2.02. The molecule has 21 heavy (non-hydrogen) atoms. The second-order valence-electron chi connectivity index (χ2n) is 4.09. The highest BCUT2D eigenvalue weighted by Crippen LogP contribution is 2.17. The highest BCUT2D eigenvalue weighted by atomic mass is 32.1. The van der Waals surface area contributed by atoms with Gasteiger partial charge in [-0.3, -0.25) is 9.59 Å². The lowest BCUT2D eigenvalue weighted by atomic mass is 10.3. The number of rotatable bonds is 5. The Balaban J connectivity index is 1.95. The van der Waals surface area contributed by atoms with Crippen molar-refractivity contribution in [2.45, 2.75) is 6.54 Å². The van der Waals surface area contributed by atoms with Crippen LogP contribution in [-0.4, -0.2) is 22.0 Å². The zero-order valence-electron chi connectivity index (χ0n) is 10.8. The Bertz CT molecular complexity index is 745. The van der Waals surface area contributed by atoms with Crippen molar-refractivity contribution in [2.24, 2.45) is 0 Å². The summed E-state index contributed by atoms with van der Waals surface area (Å²) in [5, 5.41) is 11.2. The molecule has 0 saturated heterocycles. The summed E-state index contributed by atoms with van der Waals surface area (Å²) in [4.78, 5) is 37.5. The molecule has 108 valence electrons. The lowest BCUT2D eigenvalue weighted by molar-refractivity contribution is -0.131. The summed E-state index contributed by atoms with van der Waals surface area (Å²) >= 11 is 1.38. The standard InChI is InChI=1S/C14H12N2O4S/c17-12-3-1-2-11(16-12)14(20)15-8-10-5-4-9(21-10)6-7-13(18)19/h1-7H,8H2,(H,15,20)(H,16,17)(H,18,19)/b7-6+. The normalized spacial score (nSPS) is 10.7. The van der Waals surface area contributed by atoms with Crippen LogP contribution in [0.2, 0.25) is 0 Å². The number of carbonyl (C=O) groups is 2. The largest absolute Gasteiger partial charge is 0.478 e. The van der Waals surface area contributed by atoms with Crippen molar-refractivity contribution >= 4 is 29.3 Å². The second kappa shape index (κ2) is 6.67. The quantitative estimate of drug-likeness (QED) is 0.728. The van der Waals surface area contributed by atoms with Crippen LogP contribution in [0.4, 0.5) is 0 Å². The summed E-state index contributed by atoms with van der Waals surface area (Å²) in [6.07, 6.45) is 2.55. The third-order valence-electron chi connectivity index (χ3n) is 2.51. The van der Waals surface area contributed by atoms with E-state index in [0.29, 0.717) is 6.54 Å². The highest BCUT2D eigenvalue weighted by molar-refractivity contribution is 7.12. The molecule has 2 heterocycles. The van der Waals surface area contributed by atoms with E-state index in [1.54, 1.807) is 12.1 Å². The number of H-pyrrole nitrogens is 1. The number of carbonyl (C=O) groups excluding carboxylic acids is 1. The van der Waals surface area contributed by atoms with E-state index in [4.69, 9.17) is 5.11 Å². The van der Waals surface area contributed by atoms with E-state index in [9.17, 15) is 14.4 Å². The topological polar surface area (TPSA) is 99.3 Å². The Morgan fingerprint density at radius 1 is 1.29 bits per heavy atom. The van der Waals surface area contributed by atoms with Gasteiger partial charge < -0.3 is 15.4 Å². The van der Waals surface area contributed by atoms with Crippen molar-refractivity contribution in [1.82, 2.24) is 10.3 Å². The van der Waals surface area contributed by atoms with Crippen molar-refractivity contribution in [3.05, 3.63) is 62.2 Å². The smallest absolute Gasteiger partial charge is 0.328 e. The Hall–Kier alpha value is -2.67. The van der Waals surface area contributed by atoms with Crippen molar-refractivity contribution in [1.29, 1.82) is 0 Å². The molecule has 0 atom stereocenters. The van der Waals surface area contributed by atoms with E-state index in [1.165, 1.54) is 35.6 Å². The molecule has 0 spiro atoms. The van der Waals surface area contributed by atoms with Crippen LogP contribution in [-0.2, 0) is 11.3 Å². The van der Waals surface area contributed by atoms with E-state index in [0.717, 1.165) is 15.8 Å². The minimum atomic E-state index is -1.01. The number of carboxylic acids is 1. The predicted octanol–water partition coefficient (Wildman–Crippen LogP) is 1.46. The first kappa shape index (κ1) is 14.7. The minimum Gasteiger partial charge on any atom is -0.478 e. The van der Waals surface area contributed by atoms with Crippen molar-refractivity contribution < 1.29 is 14.7 Å². The van der Waals surface area contributed by atoms with Crippen molar-refractivity contribution in [3.8, 4) is 0 Å². The zero-order valence-corrected chi connectivity index (χ0v) is 11.6. The molecule has 2 aromatic heterocycles. The van der Waals surface area contributed by atoms with Gasteiger partial charge >= 0.3 is 5.97 Å². The van der Waals surface area contributed by atoms with Gasteiger partial charge in [0.2, 0.25) is 5.56 Å². The third kappa shape index (κ3) is 4.43. The Morgan fingerprint density at radius 3 is 2.81 bits per heavy atom. The third-order valence-corrected chi connectivity index (χ3v) is 3.56. The molecule has 1 amide bonds. The van der Waals surface area contributed by atoms with E-state index < -0.39 is 5.97 Å². The SMILES string of the molecule is O=C(O)/C=C/c1ccc(CNC(=O)c2cccc(=O)[nH]2)s1. The fourth-order valence-corrected chi connectivity index (χ4v) is 2.43. The van der Waals surface area contributed by atoms with Crippen LogP contribution < -0.4 is 10.9 Å². The molecule has 2 rings (SSSR count). The molecule has 0 radical (unpaired) electrons. The van der Waals surface area contributed by atoms with Gasteiger partial charge in [0.15, 0.2) is 0 Å². The van der Waals surface area contributed by atoms with Crippen LogP contribution in [0.25, 0.3) is 6.08 Å². The average Bonchev–Trinajstić information content (AvgIpc) is 2.90. The van der Waals surface area contributed by atoms with Crippen LogP contribution >= 0.6 is 11.3 Å². The van der Waals surface area contributed by atoms with Crippen LogP contribution in [0.3, 0.4) is 0 Å². The predicted molar refractivity (Wildman–Crippen MR) is 79.2 cm³/mol. The number of thiophene rings is 1. The zero-order chi connectivity index (χ0) is 15.2. The Morgan fingerprint density at radius 2 is 2.10 bits per heavy atom. The number of aromatic amines is 1. The lowest BCUT2D eigenvalue weighted by Crippen LogP contribution is -2.25. The first-order valence-corrected chi connectivity index (χ1v) is 6.83. The second-order valence-corrected chi connectivity index (χ2v) is 5.29. The van der Waals surface area contributed by atoms with Gasteiger partial charge in [0.25, 0.3) is 5.91 Å². The van der Waals surface area contributed by atoms with E-state index in [2.05, 4.69) is 10.3 Å². The number of pyridine rings is 1. The van der Waals surface area contributed by atoms with Crippen molar-refractivity contribution in [3.63, 3.8) is 0 Å². The van der Waals surface area contributed by atoms with Crippen LogP contribution in [0.15, 0.2) is 41.2 Å². The van der Waals surface area contributed by atoms with Gasteiger partial charge in [-0.05, 0) is 24.3 Å². The van der Waals surface area contributed by atoms with E-state index in [1.807, 2.05) is 0 Å². The van der Waals surface area contributed by atoms with E-state index >= 15 is 0 Å². The van der Waals surface area contributed by atoms with E-state index in [-0.39, 0.29) is 17.2 Å². The first-order valence-electron chi connectivity index (χ1n) is 6.02. The minimum absolute atomic E-state index is 0.199. The molecule has 0 unspecified atom stereocenters. The van der Waals surface area contributed by atoms with Crippen LogP contribution in [0, 0.1) is 0 Å². The van der Waals surface area contributed by atoms with Gasteiger partial charge in [-0.2, -0.15) is 0 Å². The molecular weight excluding hydrogens is 292 g/mol. The maximum absolute atomic E-state index is 11.8. The molecule has 7 heteroatoms. The van der Waals surface area contributed by atoms with Gasteiger partial charge in [0.1, 0.15) is 5.69 Å². The number of carboxylic acid groups (broad SMARTS) is 1. The summed E-state index contributed by atoms with van der Waals surface area (Å²) in [5.41, 5.74) is -0.134. The molecule has 0 fully saturated rings. The van der Waals surface area contributed by atoms with Gasteiger partial charge in [-0.25, -0.2) is 4.79 Å². The molecule has 0 aliphatic rings. The monoisotopic (exact) mass is 304 g/mol. The Kier molecular flexibility index (Phi) is 4.68. The molecule has 3 N–H and O–H groups in total. The summed E-state index contributed by atoms with van der Waals surface area (Å²) in [7, 11) is 0. The molecule has 0 aliphatic heterocycles. The van der Waals surface area contributed by atoms with Gasteiger partial charge in [0.05, 0.1) is 6.54 Å². The number of hydrogen-bond acceptors (Lipinski definition) is 4. The molecule has 0 aromatic carbocycles. The fourth-order valence-electron chi connectivity index (χ4n) is 1.58. The number of aliphatic carboxylic acids is 1. The maximum atomic E-state index is 11.8. The summed E-state index contributed by atoms with van der Waals surface area (Å²) in [6.45, 7) is 0.307. The van der Waals surface area contributed by atoms with Gasteiger partial charge in [-0.1, -0.05) is 6.07 Å². The summed E-state index contributed by atoms with van der Waals surface area (Å²) in [6, 6.07) is 7.94. The Labute approximate surface area is 123 Å². The number of amides is 1. The number of nitrogens with one attached hydrogen (secondary N) is 2. The molecular formula is C14H12N2O4S. The number of aromatic nitrogens is 1. The number of hydrogen-bond donors (Lipinski definition) is 3. The average molecular weight is 304 g/mol. The fraction of sp³-hybridized carbons (Fsp3) is 0.0714. The summed E-state index contributed by atoms with van der Waals surface area (Å²) in [5.74, 6) is -1.38. The molecule has 6 nitrogen and oxygen atoms in total.